The van der Waals surface area contributed by atoms with Crippen molar-refractivity contribution in [2.24, 2.45) is 5.92 Å². The molecule has 0 bridgehead atoms. The molecule has 0 aliphatic rings. The lowest BCUT2D eigenvalue weighted by atomic mass is 10.0. The van der Waals surface area contributed by atoms with Gasteiger partial charge in [-0.05, 0) is 60.7 Å². The molecule has 0 aliphatic carbocycles. The van der Waals surface area contributed by atoms with E-state index in [1.165, 1.54) is 6.92 Å². The molecule has 0 radical (unpaired) electrons. The molecule has 6 nitrogen and oxygen atoms in total. The highest BCUT2D eigenvalue weighted by Crippen LogP contribution is 2.15. The number of carbonyl (C=O) groups is 3. The summed E-state index contributed by atoms with van der Waals surface area (Å²) >= 11 is 0. The van der Waals surface area contributed by atoms with E-state index in [1.54, 1.807) is 36.4 Å². The molecule has 0 aromatic heterocycles. The van der Waals surface area contributed by atoms with E-state index in [9.17, 15) is 14.4 Å². The number of hydrogen-bond acceptors (Lipinski definition) is 3. The Morgan fingerprint density at radius 2 is 1.41 bits per heavy atom. The van der Waals surface area contributed by atoms with Gasteiger partial charge in [-0.25, -0.2) is 0 Å². The minimum Gasteiger partial charge on any atom is -0.340 e. The highest BCUT2D eigenvalue weighted by molar-refractivity contribution is 6.01. The van der Waals surface area contributed by atoms with Crippen LogP contribution in [0.1, 0.15) is 50.0 Å². The van der Waals surface area contributed by atoms with Crippen LogP contribution in [0.4, 0.5) is 11.4 Å². The van der Waals surface area contributed by atoms with E-state index in [1.807, 2.05) is 26.0 Å². The Kier molecular flexibility index (Phi) is 7.95. The van der Waals surface area contributed by atoms with E-state index in [2.05, 4.69) is 22.9 Å². The van der Waals surface area contributed by atoms with Gasteiger partial charge in [-0.2, -0.15) is 0 Å². The number of anilines is 2. The van der Waals surface area contributed by atoms with Crippen LogP contribution in [0.2, 0.25) is 0 Å². The van der Waals surface area contributed by atoms with Gasteiger partial charge in [0, 0.05) is 23.9 Å². The van der Waals surface area contributed by atoms with Gasteiger partial charge in [0.25, 0.3) is 5.91 Å². The number of rotatable bonds is 8. The molecule has 2 aromatic rings. The van der Waals surface area contributed by atoms with E-state index in [0.717, 1.165) is 12.0 Å². The molecule has 2 rings (SSSR count). The lowest BCUT2D eigenvalue weighted by molar-refractivity contribution is -0.118. The van der Waals surface area contributed by atoms with Gasteiger partial charge in [0.2, 0.25) is 11.8 Å². The summed E-state index contributed by atoms with van der Waals surface area (Å²) in [5, 5.41) is 8.37. The fourth-order valence-corrected chi connectivity index (χ4v) is 2.91. The van der Waals surface area contributed by atoms with E-state index < -0.39 is 6.04 Å². The maximum atomic E-state index is 12.8. The lowest BCUT2D eigenvalue weighted by Crippen LogP contribution is -2.44. The Hall–Kier alpha value is -3.15. The molecular formula is C23H29N3O3. The molecule has 29 heavy (non-hydrogen) atoms. The van der Waals surface area contributed by atoms with Crippen molar-refractivity contribution >= 4 is 29.1 Å². The first-order chi connectivity index (χ1) is 13.8. The third-order valence-corrected chi connectivity index (χ3v) is 4.43. The predicted molar refractivity (Wildman–Crippen MR) is 116 cm³/mol. The average molecular weight is 396 g/mol. The monoisotopic (exact) mass is 395 g/mol. The molecule has 0 saturated carbocycles. The molecule has 6 heteroatoms. The van der Waals surface area contributed by atoms with Crippen LogP contribution in [0.25, 0.3) is 0 Å². The van der Waals surface area contributed by atoms with Crippen molar-refractivity contribution in [1.29, 1.82) is 0 Å². The third-order valence-electron chi connectivity index (χ3n) is 4.43. The molecule has 3 N–H and O–H groups in total. The van der Waals surface area contributed by atoms with Gasteiger partial charge in [0.05, 0.1) is 0 Å². The van der Waals surface area contributed by atoms with Crippen molar-refractivity contribution in [2.45, 2.75) is 46.6 Å². The number of nitrogens with one attached hydrogen (secondary N) is 3. The summed E-state index contributed by atoms with van der Waals surface area (Å²) in [6.07, 6.45) is 1.43. The van der Waals surface area contributed by atoms with E-state index in [0.29, 0.717) is 23.4 Å². The van der Waals surface area contributed by atoms with Crippen LogP contribution in [0.3, 0.4) is 0 Å². The predicted octanol–water partition coefficient (Wildman–Crippen LogP) is 3.99. The molecule has 0 fully saturated rings. The highest BCUT2D eigenvalue weighted by atomic mass is 16.2. The second kappa shape index (κ2) is 10.4. The topological polar surface area (TPSA) is 87.3 Å². The molecular weight excluding hydrogens is 366 g/mol. The summed E-state index contributed by atoms with van der Waals surface area (Å²) < 4.78 is 0. The van der Waals surface area contributed by atoms with Gasteiger partial charge in [-0.1, -0.05) is 32.9 Å². The zero-order valence-electron chi connectivity index (χ0n) is 17.4. The zero-order valence-corrected chi connectivity index (χ0v) is 17.4. The summed E-state index contributed by atoms with van der Waals surface area (Å²) in [4.78, 5) is 36.5. The molecule has 0 unspecified atom stereocenters. The SMILES string of the molecule is CCc1ccc(C(=O)N[C@@H](CC(C)C)C(=O)Nc2ccc(NC(C)=O)cc2)cc1. The first-order valence-corrected chi connectivity index (χ1v) is 9.86. The number of amides is 3. The maximum Gasteiger partial charge on any atom is 0.251 e. The van der Waals surface area contributed by atoms with Crippen molar-refractivity contribution in [3.8, 4) is 0 Å². The van der Waals surface area contributed by atoms with Gasteiger partial charge < -0.3 is 16.0 Å². The minimum atomic E-state index is -0.650. The van der Waals surface area contributed by atoms with Crippen LogP contribution in [-0.4, -0.2) is 23.8 Å². The molecule has 0 spiro atoms. The van der Waals surface area contributed by atoms with Crippen LogP contribution in [-0.2, 0) is 16.0 Å². The second-order valence-corrected chi connectivity index (χ2v) is 7.45. The molecule has 2 aromatic carbocycles. The van der Waals surface area contributed by atoms with Gasteiger partial charge >= 0.3 is 0 Å². The number of hydrogen-bond donors (Lipinski definition) is 3. The highest BCUT2D eigenvalue weighted by Gasteiger charge is 2.22. The molecule has 0 aliphatic heterocycles. The van der Waals surface area contributed by atoms with E-state index >= 15 is 0 Å². The molecule has 3 amide bonds. The van der Waals surface area contributed by atoms with Crippen molar-refractivity contribution < 1.29 is 14.4 Å². The van der Waals surface area contributed by atoms with Crippen LogP contribution >= 0.6 is 0 Å². The van der Waals surface area contributed by atoms with Gasteiger partial charge in [-0.3, -0.25) is 14.4 Å². The average Bonchev–Trinajstić information content (AvgIpc) is 2.68. The summed E-state index contributed by atoms with van der Waals surface area (Å²) in [6.45, 7) is 7.50. The van der Waals surface area contributed by atoms with Crippen LogP contribution in [0.15, 0.2) is 48.5 Å². The van der Waals surface area contributed by atoms with Crippen LogP contribution in [0, 0.1) is 5.92 Å². The fraction of sp³-hybridized carbons (Fsp3) is 0.348. The van der Waals surface area contributed by atoms with Crippen molar-refractivity contribution in [3.05, 3.63) is 59.7 Å². The standard InChI is InChI=1S/C23H29N3O3/c1-5-17-6-8-18(9-7-17)22(28)26-21(14-15(2)3)23(29)25-20-12-10-19(11-13-20)24-16(4)27/h6-13,15,21H,5,14H2,1-4H3,(H,24,27)(H,25,29)(H,26,28)/t21-/m0/s1. The number of benzene rings is 2. The zero-order chi connectivity index (χ0) is 21.4. The second-order valence-electron chi connectivity index (χ2n) is 7.45. The quantitative estimate of drug-likeness (QED) is 0.631. The Morgan fingerprint density at radius 1 is 0.862 bits per heavy atom. The Morgan fingerprint density at radius 3 is 1.90 bits per heavy atom. The van der Waals surface area contributed by atoms with Crippen LogP contribution < -0.4 is 16.0 Å². The summed E-state index contributed by atoms with van der Waals surface area (Å²) in [5.41, 5.74) is 2.93. The Bertz CT molecular complexity index is 843. The number of aryl methyl sites for hydroxylation is 1. The van der Waals surface area contributed by atoms with E-state index in [4.69, 9.17) is 0 Å². The van der Waals surface area contributed by atoms with Crippen molar-refractivity contribution in [3.63, 3.8) is 0 Å². The largest absolute Gasteiger partial charge is 0.340 e. The van der Waals surface area contributed by atoms with Crippen LogP contribution in [0.5, 0.6) is 0 Å². The maximum absolute atomic E-state index is 12.8. The smallest absolute Gasteiger partial charge is 0.251 e. The van der Waals surface area contributed by atoms with Crippen molar-refractivity contribution in [2.75, 3.05) is 10.6 Å². The lowest BCUT2D eigenvalue weighted by Gasteiger charge is -2.20. The summed E-state index contributed by atoms with van der Waals surface area (Å²) in [5.74, 6) is -0.469. The van der Waals surface area contributed by atoms with Gasteiger partial charge in [-0.15, -0.1) is 0 Å². The van der Waals surface area contributed by atoms with Gasteiger partial charge in [0.1, 0.15) is 6.04 Å². The van der Waals surface area contributed by atoms with Crippen molar-refractivity contribution in [1.82, 2.24) is 5.32 Å². The van der Waals surface area contributed by atoms with Gasteiger partial charge in [0.15, 0.2) is 0 Å². The Labute approximate surface area is 172 Å². The normalized spacial score (nSPS) is 11.6. The molecule has 0 heterocycles. The molecule has 0 saturated heterocycles. The first kappa shape index (κ1) is 22.1. The first-order valence-electron chi connectivity index (χ1n) is 9.86. The minimum absolute atomic E-state index is 0.159. The summed E-state index contributed by atoms with van der Waals surface area (Å²) in [6, 6.07) is 13.6. The summed E-state index contributed by atoms with van der Waals surface area (Å²) in [7, 11) is 0. The molecule has 1 atom stereocenters. The number of carbonyl (C=O) groups excluding carboxylic acids is 3. The van der Waals surface area contributed by atoms with E-state index in [-0.39, 0.29) is 23.6 Å². The Balaban J connectivity index is 2.06. The third kappa shape index (κ3) is 7.07. The fourth-order valence-electron chi connectivity index (χ4n) is 2.91. The molecule has 154 valence electrons.